The van der Waals surface area contributed by atoms with Gasteiger partial charge >= 0.3 is 0 Å². The third-order valence-electron chi connectivity index (χ3n) is 4.55. The fourth-order valence-electron chi connectivity index (χ4n) is 3.67. The first-order valence-corrected chi connectivity index (χ1v) is 7.29. The molecule has 2 aliphatic rings. The molecule has 0 saturated carbocycles. The van der Waals surface area contributed by atoms with Gasteiger partial charge in [-0.15, -0.1) is 0 Å². The Morgan fingerprint density at radius 3 is 3.00 bits per heavy atom. The Balaban J connectivity index is 1.89. The number of rotatable bonds is 2. The molecule has 3 heterocycles. The lowest BCUT2D eigenvalue weighted by molar-refractivity contribution is 0.0493. The molecule has 2 atom stereocenters. The van der Waals surface area contributed by atoms with Crippen LogP contribution in [-0.4, -0.2) is 22.5 Å². The van der Waals surface area contributed by atoms with Gasteiger partial charge in [-0.1, -0.05) is 12.5 Å². The largest absolute Gasteiger partial charge is 0.326 e. The molecule has 1 aromatic heterocycles. The minimum Gasteiger partial charge on any atom is -0.326 e. The number of nitrogens with zero attached hydrogens (tertiary/aromatic N) is 2. The topological polar surface area (TPSA) is 42.1 Å². The average Bonchev–Trinajstić information content (AvgIpc) is 2.46. The summed E-state index contributed by atoms with van der Waals surface area (Å²) in [4.78, 5) is 7.35. The van der Waals surface area contributed by atoms with Crippen molar-refractivity contribution in [3.05, 3.63) is 29.6 Å². The molecule has 2 fully saturated rings. The molecule has 3 heteroatoms. The van der Waals surface area contributed by atoms with Crippen molar-refractivity contribution in [2.24, 2.45) is 5.73 Å². The van der Waals surface area contributed by atoms with Crippen LogP contribution in [0, 0.1) is 0 Å². The standard InChI is InChI=1S/C15H23N3/c16-11-12-5-4-9-17-15(12)14-8-3-7-13-6-1-2-10-18(13)14/h4-5,9,13-14H,1-3,6-8,10-11,16H2. The summed E-state index contributed by atoms with van der Waals surface area (Å²) in [5.41, 5.74) is 8.34. The van der Waals surface area contributed by atoms with Crippen LogP contribution in [-0.2, 0) is 6.54 Å². The van der Waals surface area contributed by atoms with Gasteiger partial charge in [-0.25, -0.2) is 0 Å². The van der Waals surface area contributed by atoms with Gasteiger partial charge in [-0.3, -0.25) is 9.88 Å². The first-order chi connectivity index (χ1) is 8.90. The van der Waals surface area contributed by atoms with Crippen LogP contribution in [0.5, 0.6) is 0 Å². The van der Waals surface area contributed by atoms with E-state index in [1.807, 2.05) is 12.3 Å². The third-order valence-corrected chi connectivity index (χ3v) is 4.55. The molecule has 0 aliphatic carbocycles. The molecule has 2 saturated heterocycles. The normalized spacial score (nSPS) is 28.9. The van der Waals surface area contributed by atoms with E-state index in [4.69, 9.17) is 5.73 Å². The SMILES string of the molecule is NCc1cccnc1C1CCCC2CCCCN21. The molecule has 2 unspecified atom stereocenters. The van der Waals surface area contributed by atoms with Crippen LogP contribution in [0.4, 0.5) is 0 Å². The highest BCUT2D eigenvalue weighted by molar-refractivity contribution is 5.23. The van der Waals surface area contributed by atoms with Gasteiger partial charge in [0, 0.05) is 18.8 Å². The fourth-order valence-corrected chi connectivity index (χ4v) is 3.67. The number of aromatic nitrogens is 1. The summed E-state index contributed by atoms with van der Waals surface area (Å²) in [5, 5.41) is 0. The third kappa shape index (κ3) is 2.17. The molecule has 3 rings (SSSR count). The van der Waals surface area contributed by atoms with E-state index in [-0.39, 0.29) is 0 Å². The number of piperidine rings is 2. The van der Waals surface area contributed by atoms with E-state index in [1.54, 1.807) is 0 Å². The second kappa shape index (κ2) is 5.37. The number of pyridine rings is 1. The molecule has 2 aliphatic heterocycles. The van der Waals surface area contributed by atoms with Crippen LogP contribution in [0.3, 0.4) is 0 Å². The molecule has 0 bridgehead atoms. The van der Waals surface area contributed by atoms with Crippen molar-refractivity contribution in [2.75, 3.05) is 6.54 Å². The van der Waals surface area contributed by atoms with Crippen molar-refractivity contribution in [1.82, 2.24) is 9.88 Å². The summed E-state index contributed by atoms with van der Waals surface area (Å²) < 4.78 is 0. The highest BCUT2D eigenvalue weighted by Crippen LogP contribution is 2.38. The van der Waals surface area contributed by atoms with Crippen molar-refractivity contribution >= 4 is 0 Å². The lowest BCUT2D eigenvalue weighted by Crippen LogP contribution is -2.45. The van der Waals surface area contributed by atoms with Crippen molar-refractivity contribution < 1.29 is 0 Å². The zero-order valence-corrected chi connectivity index (χ0v) is 11.0. The minimum atomic E-state index is 0.517. The highest BCUT2D eigenvalue weighted by Gasteiger charge is 2.34. The van der Waals surface area contributed by atoms with E-state index in [1.165, 1.54) is 56.3 Å². The van der Waals surface area contributed by atoms with Crippen LogP contribution in [0.15, 0.2) is 18.3 Å². The lowest BCUT2D eigenvalue weighted by Gasteiger charge is -2.45. The maximum atomic E-state index is 5.87. The van der Waals surface area contributed by atoms with Crippen LogP contribution in [0.1, 0.15) is 55.8 Å². The van der Waals surface area contributed by atoms with Gasteiger partial charge in [0.25, 0.3) is 0 Å². The Labute approximate surface area is 109 Å². The van der Waals surface area contributed by atoms with E-state index >= 15 is 0 Å². The summed E-state index contributed by atoms with van der Waals surface area (Å²) in [6.07, 6.45) is 10.0. The van der Waals surface area contributed by atoms with Crippen LogP contribution >= 0.6 is 0 Å². The van der Waals surface area contributed by atoms with Crippen LogP contribution in [0.25, 0.3) is 0 Å². The molecule has 3 nitrogen and oxygen atoms in total. The Kier molecular flexibility index (Phi) is 3.62. The van der Waals surface area contributed by atoms with E-state index < -0.39 is 0 Å². The molecule has 0 radical (unpaired) electrons. The van der Waals surface area contributed by atoms with Crippen LogP contribution < -0.4 is 5.73 Å². The Morgan fingerprint density at radius 1 is 1.22 bits per heavy atom. The van der Waals surface area contributed by atoms with E-state index in [0.29, 0.717) is 12.6 Å². The predicted molar refractivity (Wildman–Crippen MR) is 73.1 cm³/mol. The second-order valence-electron chi connectivity index (χ2n) is 5.59. The number of fused-ring (bicyclic) bond motifs is 1. The monoisotopic (exact) mass is 245 g/mol. The van der Waals surface area contributed by atoms with Gasteiger partial charge in [0.15, 0.2) is 0 Å². The van der Waals surface area contributed by atoms with Gasteiger partial charge in [-0.2, -0.15) is 0 Å². The second-order valence-corrected chi connectivity index (χ2v) is 5.59. The highest BCUT2D eigenvalue weighted by atomic mass is 15.2. The van der Waals surface area contributed by atoms with E-state index in [2.05, 4.69) is 16.0 Å². The van der Waals surface area contributed by atoms with Gasteiger partial charge < -0.3 is 5.73 Å². The van der Waals surface area contributed by atoms with Crippen molar-refractivity contribution in [1.29, 1.82) is 0 Å². The summed E-state index contributed by atoms with van der Waals surface area (Å²) in [7, 11) is 0. The first kappa shape index (κ1) is 12.1. The summed E-state index contributed by atoms with van der Waals surface area (Å²) >= 11 is 0. The molecule has 98 valence electrons. The molecule has 1 aromatic rings. The molecular weight excluding hydrogens is 222 g/mol. The van der Waals surface area contributed by atoms with Crippen molar-refractivity contribution in [3.63, 3.8) is 0 Å². The average molecular weight is 245 g/mol. The zero-order chi connectivity index (χ0) is 12.4. The number of nitrogens with two attached hydrogens (primary N) is 1. The van der Waals surface area contributed by atoms with Crippen molar-refractivity contribution in [2.45, 2.75) is 57.2 Å². The first-order valence-electron chi connectivity index (χ1n) is 7.29. The molecule has 0 amide bonds. The van der Waals surface area contributed by atoms with E-state index in [0.717, 1.165) is 6.04 Å². The summed E-state index contributed by atoms with van der Waals surface area (Å²) in [5.74, 6) is 0. The van der Waals surface area contributed by atoms with Gasteiger partial charge in [-0.05, 0) is 50.3 Å². The minimum absolute atomic E-state index is 0.517. The van der Waals surface area contributed by atoms with Gasteiger partial charge in [0.05, 0.1) is 11.7 Å². The van der Waals surface area contributed by atoms with E-state index in [9.17, 15) is 0 Å². The fraction of sp³-hybridized carbons (Fsp3) is 0.667. The van der Waals surface area contributed by atoms with Gasteiger partial charge in [0.2, 0.25) is 0 Å². The zero-order valence-electron chi connectivity index (χ0n) is 11.0. The molecule has 18 heavy (non-hydrogen) atoms. The Hall–Kier alpha value is -0.930. The van der Waals surface area contributed by atoms with Gasteiger partial charge in [0.1, 0.15) is 0 Å². The molecule has 2 N–H and O–H groups in total. The molecule has 0 aromatic carbocycles. The summed E-state index contributed by atoms with van der Waals surface area (Å²) in [6, 6.07) is 5.45. The quantitative estimate of drug-likeness (QED) is 0.871. The maximum Gasteiger partial charge on any atom is 0.0620 e. The van der Waals surface area contributed by atoms with Crippen molar-refractivity contribution in [3.8, 4) is 0 Å². The predicted octanol–water partition coefficient (Wildman–Crippen LogP) is 2.62. The smallest absolute Gasteiger partial charge is 0.0620 e. The number of hydrogen-bond donors (Lipinski definition) is 1. The number of hydrogen-bond acceptors (Lipinski definition) is 3. The molecular formula is C15H23N3. The summed E-state index contributed by atoms with van der Waals surface area (Å²) in [6.45, 7) is 1.86. The lowest BCUT2D eigenvalue weighted by atomic mass is 9.86. The Morgan fingerprint density at radius 2 is 2.11 bits per heavy atom. The molecule has 0 spiro atoms. The van der Waals surface area contributed by atoms with Crippen LogP contribution in [0.2, 0.25) is 0 Å². The maximum absolute atomic E-state index is 5.87. The Bertz CT molecular complexity index is 402.